The Morgan fingerprint density at radius 3 is 1.28 bits per heavy atom. The lowest BCUT2D eigenvalue weighted by atomic mass is 10.1. The van der Waals surface area contributed by atoms with Gasteiger partial charge in [-0.3, -0.25) is 10.2 Å². The van der Waals surface area contributed by atoms with Crippen LogP contribution in [0.3, 0.4) is 0 Å². The molecule has 1 fully saturated rings. The lowest BCUT2D eigenvalue weighted by Gasteiger charge is -2.24. The van der Waals surface area contributed by atoms with Crippen LogP contribution in [0.25, 0.3) is 67.7 Å². The van der Waals surface area contributed by atoms with Crippen LogP contribution in [0.4, 0.5) is 74.7 Å². The summed E-state index contributed by atoms with van der Waals surface area (Å²) in [6.07, 6.45) is 3.99. The van der Waals surface area contributed by atoms with Crippen LogP contribution in [0.15, 0.2) is 128 Å². The van der Waals surface area contributed by atoms with Gasteiger partial charge >= 0.3 is 12.2 Å². The van der Waals surface area contributed by atoms with Gasteiger partial charge in [-0.25, -0.2) is 81.7 Å². The highest BCUT2D eigenvalue weighted by atomic mass is 35.5. The molecule has 480 valence electrons. The predicted molar refractivity (Wildman–Crippen MR) is 350 cm³/mol. The van der Waals surface area contributed by atoms with Crippen LogP contribution >= 0.6 is 11.6 Å². The number of hydrogen-bond acceptors (Lipinski definition) is 23. The molecule has 13 rings (SSSR count). The predicted octanol–water partition coefficient (Wildman–Crippen LogP) is 8.99. The van der Waals surface area contributed by atoms with Crippen molar-refractivity contribution in [1.29, 1.82) is 0 Å². The van der Waals surface area contributed by atoms with Gasteiger partial charge < -0.3 is 49.6 Å². The molecule has 1 aliphatic heterocycles. The lowest BCUT2D eigenvalue weighted by molar-refractivity contribution is 0.0468. The third-order valence-electron chi connectivity index (χ3n) is 14.6. The van der Waals surface area contributed by atoms with Gasteiger partial charge in [0.25, 0.3) is 0 Å². The molecular weight excluding hydrogens is 1240 g/mol. The van der Waals surface area contributed by atoms with Crippen molar-refractivity contribution in [3.8, 4) is 34.6 Å². The highest BCUT2D eigenvalue weighted by Crippen LogP contribution is 2.38. The number of cyclic esters (lactones) is 1. The van der Waals surface area contributed by atoms with Crippen molar-refractivity contribution in [3.63, 3.8) is 0 Å². The maximum absolute atomic E-state index is 14.2. The van der Waals surface area contributed by atoms with Crippen LogP contribution in [0.1, 0.15) is 50.8 Å². The molecule has 0 saturated carbocycles. The molecule has 0 bridgehead atoms. The number of hydrogen-bond donors (Lipinski definition) is 8. The van der Waals surface area contributed by atoms with Crippen molar-refractivity contribution in [2.45, 2.75) is 65.0 Å². The van der Waals surface area contributed by atoms with E-state index < -0.39 is 23.4 Å². The smallest absolute Gasteiger partial charge is 0.415 e. The zero-order valence-corrected chi connectivity index (χ0v) is 51.5. The lowest BCUT2D eigenvalue weighted by Crippen LogP contribution is -2.31. The largest absolute Gasteiger partial charge is 0.443 e. The molecular formula is C62H60ClF3N24O4. The summed E-state index contributed by atoms with van der Waals surface area (Å²) < 4.78 is 57.9. The molecule has 12 aromatic rings. The van der Waals surface area contributed by atoms with Gasteiger partial charge in [-0.1, -0.05) is 54.6 Å². The molecule has 2 amide bonds. The number of nitrogen functional groups attached to an aromatic ring is 7. The van der Waals surface area contributed by atoms with Crippen LogP contribution in [-0.2, 0) is 29.1 Å². The molecule has 3 aromatic carbocycles. The number of carbonyl (C=O) groups is 2. The Kier molecular flexibility index (Phi) is 17.6. The first-order chi connectivity index (χ1) is 45.0. The fraction of sp³-hybridized carbons (Fsp3) is 0.194. The summed E-state index contributed by atoms with van der Waals surface area (Å²) in [4.78, 5) is 64.8. The van der Waals surface area contributed by atoms with Crippen molar-refractivity contribution in [3.05, 3.63) is 162 Å². The van der Waals surface area contributed by atoms with E-state index in [0.29, 0.717) is 79.2 Å². The Hall–Kier alpha value is -12.0. The maximum atomic E-state index is 14.2. The first-order valence-electron chi connectivity index (χ1n) is 28.7. The van der Waals surface area contributed by atoms with Gasteiger partial charge in [-0.15, -0.1) is 11.6 Å². The minimum atomic E-state index is -0.785. The quantitative estimate of drug-likeness (QED) is 0.0470. The zero-order valence-electron chi connectivity index (χ0n) is 50.7. The minimum Gasteiger partial charge on any atom is -0.443 e. The van der Waals surface area contributed by atoms with E-state index in [9.17, 15) is 22.8 Å². The van der Waals surface area contributed by atoms with Gasteiger partial charge in [0.2, 0.25) is 0 Å². The summed E-state index contributed by atoms with van der Waals surface area (Å²) in [5, 5.41) is 18.2. The standard InChI is InChI=1S/C23H24ClFN8O2.C22H21FN8O2.C17H15FN8/c1-23(2,9-10-24)35-22(34)29-17-18(26)30-20(31-19(17)27)16-14-7-5-11-28-21(14)33(32-16)12-13-6-3-4-8-15(13)25;1-22(2)11-30(21(32)33-22)16-17(24)27-19(28-18(16)25)15-13-7-5-9-26-20(13)31(29-15)10-12-6-3-4-8-14(12)23;18-11-6-2-1-4-9(11)8-26-17-10(5-3-7-22-17)13(25-26)16-23-14(20)12(19)15(21)24-16/h3-8,11H,9-10,12H2,1-2H3,(H,29,34)(H4,26,27,30,31);3-9H,10-11H2,1-2H3,(H4,24,25,27,28);1-7H,8,19H2,(H4,20,21,23,24). The van der Waals surface area contributed by atoms with Crippen molar-refractivity contribution in [1.82, 2.24) is 74.2 Å². The topological polar surface area (TPSA) is 419 Å². The van der Waals surface area contributed by atoms with E-state index in [1.54, 1.807) is 139 Å². The molecule has 1 aliphatic rings. The summed E-state index contributed by atoms with van der Waals surface area (Å²) in [6.45, 7) is 7.82. The molecule has 0 aliphatic carbocycles. The number of benzene rings is 3. The summed E-state index contributed by atoms with van der Waals surface area (Å²) >= 11 is 5.75. The summed E-state index contributed by atoms with van der Waals surface area (Å²) in [5.41, 5.74) is 45.0. The second kappa shape index (κ2) is 26.1. The molecule has 0 unspecified atom stereocenters. The van der Waals surface area contributed by atoms with Crippen LogP contribution in [0.5, 0.6) is 0 Å². The van der Waals surface area contributed by atoms with Crippen molar-refractivity contribution < 1.29 is 32.2 Å². The summed E-state index contributed by atoms with van der Waals surface area (Å²) in [5.74, 6) is -0.0806. The third kappa shape index (κ3) is 13.4. The Balaban J connectivity index is 0.000000145. The van der Waals surface area contributed by atoms with Gasteiger partial charge in [-0.2, -0.15) is 15.3 Å². The molecule has 15 N–H and O–H groups in total. The number of carbonyl (C=O) groups excluding carboxylic acids is 2. The fourth-order valence-corrected chi connectivity index (χ4v) is 10.5. The van der Waals surface area contributed by atoms with Crippen molar-refractivity contribution >= 4 is 109 Å². The number of nitrogens with zero attached hydrogens (tertiary/aromatic N) is 16. The molecule has 0 spiro atoms. The number of aromatic nitrogens is 15. The Morgan fingerprint density at radius 2 is 0.926 bits per heavy atom. The number of nitrogens with one attached hydrogen (secondary N) is 1. The van der Waals surface area contributed by atoms with Gasteiger partial charge in [-0.05, 0) is 82.3 Å². The normalized spacial score (nSPS) is 12.7. The number of halogens is 4. The Morgan fingerprint density at radius 1 is 0.564 bits per heavy atom. The fourth-order valence-electron chi connectivity index (χ4n) is 10.0. The molecule has 0 atom stereocenters. The molecule has 0 radical (unpaired) electrons. The highest BCUT2D eigenvalue weighted by Gasteiger charge is 2.41. The first kappa shape index (κ1) is 63.5. The number of alkyl halides is 1. The van der Waals surface area contributed by atoms with E-state index in [1.165, 1.54) is 23.1 Å². The molecule has 10 heterocycles. The second-order valence-electron chi connectivity index (χ2n) is 22.4. The number of rotatable bonds is 14. The summed E-state index contributed by atoms with van der Waals surface area (Å²) in [6, 6.07) is 30.1. The zero-order chi connectivity index (χ0) is 66.8. The molecule has 32 heteroatoms. The Bertz CT molecular complexity index is 4800. The van der Waals surface area contributed by atoms with Crippen LogP contribution in [0, 0.1) is 17.5 Å². The number of ether oxygens (including phenoxy) is 2. The van der Waals surface area contributed by atoms with E-state index in [-0.39, 0.29) is 113 Å². The summed E-state index contributed by atoms with van der Waals surface area (Å²) in [7, 11) is 0. The maximum Gasteiger partial charge on any atom is 0.415 e. The minimum absolute atomic E-state index is 0.0212. The van der Waals surface area contributed by atoms with Gasteiger partial charge in [0.1, 0.15) is 62.8 Å². The first-order valence-corrected chi connectivity index (χ1v) is 29.3. The number of amides is 2. The van der Waals surface area contributed by atoms with Crippen LogP contribution in [0.2, 0.25) is 0 Å². The third-order valence-corrected chi connectivity index (χ3v) is 14.8. The molecule has 1 saturated heterocycles. The van der Waals surface area contributed by atoms with E-state index >= 15 is 0 Å². The number of fused-ring (bicyclic) bond motifs is 3. The van der Waals surface area contributed by atoms with Crippen molar-refractivity contribution in [2.24, 2.45) is 0 Å². The molecule has 28 nitrogen and oxygen atoms in total. The van der Waals surface area contributed by atoms with Crippen LogP contribution in [-0.4, -0.2) is 110 Å². The Labute approximate surface area is 537 Å². The van der Waals surface area contributed by atoms with Gasteiger partial charge in [0.05, 0.1) is 42.3 Å². The van der Waals surface area contributed by atoms with Crippen LogP contribution < -0.4 is 50.4 Å². The van der Waals surface area contributed by atoms with E-state index in [1.807, 2.05) is 12.1 Å². The van der Waals surface area contributed by atoms with E-state index in [0.717, 1.165) is 0 Å². The van der Waals surface area contributed by atoms with Gasteiger partial charge in [0, 0.05) is 47.6 Å². The number of nitrogens with two attached hydrogens (primary N) is 7. The second-order valence-corrected chi connectivity index (χ2v) is 22.8. The van der Waals surface area contributed by atoms with E-state index in [4.69, 9.17) is 61.2 Å². The molecule has 94 heavy (non-hydrogen) atoms. The highest BCUT2D eigenvalue weighted by molar-refractivity contribution is 6.17. The average Bonchev–Trinajstić information content (AvgIpc) is 1.70. The number of pyridine rings is 3. The average molecular weight is 1300 g/mol. The van der Waals surface area contributed by atoms with E-state index in [2.05, 4.69) is 65.5 Å². The molecule has 9 aromatic heterocycles. The number of anilines is 9. The SMILES string of the molecule is CC(C)(CCCl)OC(=O)Nc1c(N)nc(-c2nn(Cc3ccccc3F)c3ncccc23)nc1N.CC1(C)CN(c2c(N)nc(-c3nn(Cc4ccccc4F)c4ncccc34)nc2N)C(=O)O1.Nc1nc(-c2nn(Cc3ccccc3F)c3ncccc23)nc(N)c1N. The monoisotopic (exact) mass is 1300 g/mol. The van der Waals surface area contributed by atoms with Crippen molar-refractivity contribution in [2.75, 3.05) is 62.8 Å². The van der Waals surface area contributed by atoms with Gasteiger partial charge in [0.15, 0.2) is 69.3 Å².